The minimum absolute atomic E-state index is 0.0333. The summed E-state index contributed by atoms with van der Waals surface area (Å²) in [4.78, 5) is 48.2. The van der Waals surface area contributed by atoms with E-state index in [9.17, 15) is 23.9 Å². The average Bonchev–Trinajstić information content (AvgIpc) is 2.87. The molecule has 4 aromatic rings. The number of rotatable bonds is 8. The molecule has 1 atom stereocenters. The average molecular weight is 540 g/mol. The summed E-state index contributed by atoms with van der Waals surface area (Å²) in [6.45, 7) is 2.88. The number of carboxylic acids is 1. The maximum absolute atomic E-state index is 13.4. The fraction of sp³-hybridized carbons (Fsp3) is 0.192. The zero-order valence-corrected chi connectivity index (χ0v) is 21.1. The molecule has 0 radical (unpaired) electrons. The van der Waals surface area contributed by atoms with E-state index in [1.165, 1.54) is 29.7 Å². The zero-order chi connectivity index (χ0) is 27.4. The predicted octanol–water partition coefficient (Wildman–Crippen LogP) is 3.63. The van der Waals surface area contributed by atoms with Gasteiger partial charge in [0.25, 0.3) is 0 Å². The number of aliphatic carboxylic acids is 1. The molecule has 0 aliphatic heterocycles. The third-order valence-corrected chi connectivity index (χ3v) is 5.86. The van der Waals surface area contributed by atoms with Gasteiger partial charge in [0, 0.05) is 17.6 Å². The standard InChI is InChI=1S/C26H23ClFN5O5/c1-15-12-19(10-11-20(15)38-22-5-3-4-21(28)30-22)29-24-31-25(36)33(13-16(2)23(34)35)26(37)32(24)14-17-6-8-18(27)9-7-17/h3-12,16H,13-14H2,1-2H3,(H,34,35)(H,29,31,36)/t16-/m0/s1. The molecule has 0 amide bonds. The number of nitrogens with zero attached hydrogens (tertiary/aromatic N) is 4. The summed E-state index contributed by atoms with van der Waals surface area (Å²) in [5.74, 6) is -2.28. The van der Waals surface area contributed by atoms with Crippen LogP contribution in [0.3, 0.4) is 0 Å². The van der Waals surface area contributed by atoms with Gasteiger partial charge in [-0.3, -0.25) is 14.3 Å². The fourth-order valence-electron chi connectivity index (χ4n) is 3.57. The molecule has 0 aliphatic rings. The van der Waals surface area contributed by atoms with Crippen LogP contribution in [0.2, 0.25) is 5.02 Å². The number of carbonyl (C=O) groups is 1. The number of ether oxygens (including phenoxy) is 1. The third kappa shape index (κ3) is 6.24. The Morgan fingerprint density at radius 2 is 1.89 bits per heavy atom. The van der Waals surface area contributed by atoms with Gasteiger partial charge in [-0.15, -0.1) is 0 Å². The Morgan fingerprint density at radius 1 is 1.16 bits per heavy atom. The number of H-pyrrole nitrogens is 1. The molecule has 0 spiro atoms. The number of benzene rings is 2. The van der Waals surface area contributed by atoms with Gasteiger partial charge in [-0.05, 0) is 54.4 Å². The van der Waals surface area contributed by atoms with E-state index in [1.807, 2.05) is 0 Å². The van der Waals surface area contributed by atoms with Gasteiger partial charge in [0.15, 0.2) is 0 Å². The lowest BCUT2D eigenvalue weighted by Crippen LogP contribution is -2.51. The van der Waals surface area contributed by atoms with Crippen molar-refractivity contribution in [2.45, 2.75) is 26.9 Å². The number of aromatic nitrogens is 4. The number of nitrogens with one attached hydrogen (secondary N) is 1. The Balaban J connectivity index is 1.78. The largest absolute Gasteiger partial charge is 0.481 e. The van der Waals surface area contributed by atoms with Crippen molar-refractivity contribution in [1.29, 1.82) is 0 Å². The SMILES string of the molecule is Cc1cc(/N=c2\[nH]c(=O)n(C[C@H](C)C(=O)O)c(=O)n2Cc2ccc(Cl)cc2)ccc1Oc1cccc(F)n1. The van der Waals surface area contributed by atoms with Crippen molar-refractivity contribution in [1.82, 2.24) is 19.1 Å². The lowest BCUT2D eigenvalue weighted by Gasteiger charge is -2.13. The van der Waals surface area contributed by atoms with E-state index >= 15 is 0 Å². The van der Waals surface area contributed by atoms with E-state index in [1.54, 1.807) is 49.4 Å². The highest BCUT2D eigenvalue weighted by Gasteiger charge is 2.17. The summed E-state index contributed by atoms with van der Waals surface area (Å²) < 4.78 is 21.1. The maximum atomic E-state index is 13.4. The summed E-state index contributed by atoms with van der Waals surface area (Å²) in [5.41, 5.74) is 0.216. The molecule has 0 saturated carbocycles. The van der Waals surface area contributed by atoms with E-state index in [-0.39, 0.29) is 24.6 Å². The number of hydrogen-bond donors (Lipinski definition) is 2. The molecule has 12 heteroatoms. The highest BCUT2D eigenvalue weighted by Crippen LogP contribution is 2.27. The molecular weight excluding hydrogens is 517 g/mol. The normalized spacial score (nSPS) is 12.4. The van der Waals surface area contributed by atoms with Crippen LogP contribution in [-0.2, 0) is 17.9 Å². The van der Waals surface area contributed by atoms with Crippen LogP contribution in [0.4, 0.5) is 10.1 Å². The second kappa shape index (κ2) is 11.3. The molecule has 0 bridgehead atoms. The highest BCUT2D eigenvalue weighted by atomic mass is 35.5. The van der Waals surface area contributed by atoms with Crippen LogP contribution < -0.4 is 21.7 Å². The van der Waals surface area contributed by atoms with Crippen LogP contribution >= 0.6 is 11.6 Å². The topological polar surface area (TPSA) is 132 Å². The van der Waals surface area contributed by atoms with Crippen molar-refractivity contribution >= 4 is 23.3 Å². The quantitative estimate of drug-likeness (QED) is 0.329. The summed E-state index contributed by atoms with van der Waals surface area (Å²) >= 11 is 5.98. The fourth-order valence-corrected chi connectivity index (χ4v) is 3.69. The number of aromatic amines is 1. The van der Waals surface area contributed by atoms with Gasteiger partial charge in [-0.1, -0.05) is 36.7 Å². The molecule has 0 unspecified atom stereocenters. The van der Waals surface area contributed by atoms with Crippen LogP contribution in [0.15, 0.2) is 75.2 Å². The van der Waals surface area contributed by atoms with Gasteiger partial charge < -0.3 is 9.84 Å². The Kier molecular flexibility index (Phi) is 7.87. The number of halogens is 2. The van der Waals surface area contributed by atoms with E-state index in [0.717, 1.165) is 4.57 Å². The Bertz CT molecular complexity index is 1680. The molecular formula is C26H23ClFN5O5. The molecule has 2 aromatic carbocycles. The maximum Gasteiger partial charge on any atom is 0.335 e. The lowest BCUT2D eigenvalue weighted by atomic mass is 10.2. The molecule has 2 N–H and O–H groups in total. The Labute approximate surface area is 220 Å². The van der Waals surface area contributed by atoms with Crippen molar-refractivity contribution in [2.75, 3.05) is 0 Å². The number of pyridine rings is 1. The molecule has 2 heterocycles. The molecule has 38 heavy (non-hydrogen) atoms. The molecule has 4 rings (SSSR count). The van der Waals surface area contributed by atoms with Crippen molar-refractivity contribution in [2.24, 2.45) is 10.9 Å². The van der Waals surface area contributed by atoms with Crippen molar-refractivity contribution < 1.29 is 19.0 Å². The Hall–Kier alpha value is -4.51. The van der Waals surface area contributed by atoms with Crippen molar-refractivity contribution in [3.05, 3.63) is 109 Å². The molecule has 0 aliphatic carbocycles. The minimum atomic E-state index is -1.14. The van der Waals surface area contributed by atoms with Crippen molar-refractivity contribution in [3.8, 4) is 11.6 Å². The van der Waals surface area contributed by atoms with Gasteiger partial charge in [-0.2, -0.15) is 9.37 Å². The predicted molar refractivity (Wildman–Crippen MR) is 137 cm³/mol. The van der Waals surface area contributed by atoms with Gasteiger partial charge in [0.2, 0.25) is 17.4 Å². The number of carboxylic acid groups (broad SMARTS) is 1. The van der Waals surface area contributed by atoms with E-state index in [2.05, 4.69) is 15.0 Å². The molecule has 0 fully saturated rings. The first-order valence-corrected chi connectivity index (χ1v) is 11.9. The van der Waals surface area contributed by atoms with Gasteiger partial charge in [-0.25, -0.2) is 19.1 Å². The van der Waals surface area contributed by atoms with E-state index in [0.29, 0.717) is 27.6 Å². The van der Waals surface area contributed by atoms with Crippen molar-refractivity contribution in [3.63, 3.8) is 0 Å². The zero-order valence-electron chi connectivity index (χ0n) is 20.4. The first-order valence-electron chi connectivity index (χ1n) is 11.5. The van der Waals surface area contributed by atoms with Crippen LogP contribution in [-0.4, -0.2) is 30.2 Å². The summed E-state index contributed by atoms with van der Waals surface area (Å²) in [6, 6.07) is 15.9. The first-order chi connectivity index (χ1) is 18.1. The summed E-state index contributed by atoms with van der Waals surface area (Å²) in [7, 11) is 0. The van der Waals surface area contributed by atoms with Gasteiger partial charge in [0.1, 0.15) is 5.75 Å². The number of hydrogen-bond acceptors (Lipinski definition) is 6. The second-order valence-corrected chi connectivity index (χ2v) is 9.00. The monoisotopic (exact) mass is 539 g/mol. The van der Waals surface area contributed by atoms with Crippen LogP contribution in [0.5, 0.6) is 11.6 Å². The first kappa shape index (κ1) is 26.6. The van der Waals surface area contributed by atoms with Crippen LogP contribution in [0, 0.1) is 18.8 Å². The third-order valence-electron chi connectivity index (χ3n) is 5.61. The van der Waals surface area contributed by atoms with E-state index < -0.39 is 29.2 Å². The van der Waals surface area contributed by atoms with Gasteiger partial charge in [0.05, 0.1) is 18.2 Å². The smallest absolute Gasteiger partial charge is 0.335 e. The Morgan fingerprint density at radius 3 is 2.55 bits per heavy atom. The highest BCUT2D eigenvalue weighted by molar-refractivity contribution is 6.30. The van der Waals surface area contributed by atoms with Gasteiger partial charge >= 0.3 is 17.3 Å². The van der Waals surface area contributed by atoms with E-state index in [4.69, 9.17) is 16.3 Å². The molecule has 10 nitrogen and oxygen atoms in total. The van der Waals surface area contributed by atoms with Crippen LogP contribution in [0.25, 0.3) is 0 Å². The summed E-state index contributed by atoms with van der Waals surface area (Å²) in [5, 5.41) is 9.78. The lowest BCUT2D eigenvalue weighted by molar-refractivity contribution is -0.141. The number of aryl methyl sites for hydroxylation is 1. The van der Waals surface area contributed by atoms with Crippen LogP contribution in [0.1, 0.15) is 18.1 Å². The molecule has 2 aromatic heterocycles. The molecule has 0 saturated heterocycles. The molecule has 196 valence electrons. The minimum Gasteiger partial charge on any atom is -0.481 e. The second-order valence-electron chi connectivity index (χ2n) is 8.56. The summed E-state index contributed by atoms with van der Waals surface area (Å²) in [6.07, 6.45) is 0.